The number of H-pyrrole nitrogens is 1. The molecule has 2 aromatic carbocycles. The third-order valence-electron chi connectivity index (χ3n) is 5.03. The second-order valence-electron chi connectivity index (χ2n) is 6.89. The van der Waals surface area contributed by atoms with Crippen LogP contribution in [0.3, 0.4) is 0 Å². The lowest BCUT2D eigenvalue weighted by Crippen LogP contribution is -2.27. The van der Waals surface area contributed by atoms with Crippen LogP contribution in [0.5, 0.6) is 5.75 Å². The number of carbonyl (C=O) groups excluding carboxylic acids is 1. The molecule has 150 valence electrons. The van der Waals surface area contributed by atoms with E-state index in [1.807, 2.05) is 48.5 Å². The molecular formula is C22H17BrN4O3. The van der Waals surface area contributed by atoms with Gasteiger partial charge in [-0.3, -0.25) is 4.79 Å². The van der Waals surface area contributed by atoms with Crippen LogP contribution in [0.1, 0.15) is 34.4 Å². The Morgan fingerprint density at radius 1 is 1.20 bits per heavy atom. The molecule has 0 aliphatic carbocycles. The average molecular weight is 465 g/mol. The Bertz CT molecular complexity index is 1240. The number of rotatable bonds is 4. The topological polar surface area (TPSA) is 83.7 Å². The fraction of sp³-hybridized carbons (Fsp3) is 0.136. The lowest BCUT2D eigenvalue weighted by Gasteiger charge is -2.18. The van der Waals surface area contributed by atoms with Crippen LogP contribution in [0.4, 0.5) is 0 Å². The highest BCUT2D eigenvalue weighted by molar-refractivity contribution is 9.10. The molecule has 0 fully saturated rings. The Labute approximate surface area is 180 Å². The summed E-state index contributed by atoms with van der Waals surface area (Å²) in [6.45, 7) is 0. The number of benzene rings is 2. The van der Waals surface area contributed by atoms with Crippen LogP contribution in [-0.2, 0) is 0 Å². The van der Waals surface area contributed by atoms with Gasteiger partial charge in [0, 0.05) is 12.0 Å². The summed E-state index contributed by atoms with van der Waals surface area (Å²) in [5.41, 5.74) is 3.43. The molecule has 3 heterocycles. The van der Waals surface area contributed by atoms with Crippen molar-refractivity contribution in [3.05, 3.63) is 82.5 Å². The van der Waals surface area contributed by atoms with Gasteiger partial charge in [0.25, 0.3) is 0 Å². The van der Waals surface area contributed by atoms with Crippen LogP contribution in [0.25, 0.3) is 11.0 Å². The molecule has 1 aliphatic rings. The van der Waals surface area contributed by atoms with Gasteiger partial charge in [-0.1, -0.05) is 24.3 Å². The van der Waals surface area contributed by atoms with Crippen LogP contribution in [-0.4, -0.2) is 33.7 Å². The number of nitrogens with zero attached hydrogens (tertiary/aromatic N) is 3. The van der Waals surface area contributed by atoms with Crippen molar-refractivity contribution in [1.29, 1.82) is 0 Å². The largest absolute Gasteiger partial charge is 0.497 e. The Morgan fingerprint density at radius 3 is 2.83 bits per heavy atom. The van der Waals surface area contributed by atoms with Crippen molar-refractivity contribution >= 4 is 38.6 Å². The van der Waals surface area contributed by atoms with Crippen LogP contribution < -0.4 is 4.74 Å². The molecule has 1 N–H and O–H groups in total. The predicted molar refractivity (Wildman–Crippen MR) is 116 cm³/mol. The van der Waals surface area contributed by atoms with E-state index in [2.05, 4.69) is 26.0 Å². The highest BCUT2D eigenvalue weighted by Crippen LogP contribution is 2.34. The van der Waals surface area contributed by atoms with Gasteiger partial charge >= 0.3 is 5.91 Å². The third-order valence-corrected chi connectivity index (χ3v) is 5.45. The summed E-state index contributed by atoms with van der Waals surface area (Å²) < 4.78 is 11.3. The monoisotopic (exact) mass is 464 g/mol. The van der Waals surface area contributed by atoms with Crippen molar-refractivity contribution in [3.63, 3.8) is 0 Å². The van der Waals surface area contributed by atoms with Gasteiger partial charge in [-0.2, -0.15) is 5.10 Å². The van der Waals surface area contributed by atoms with Gasteiger partial charge in [-0.15, -0.1) is 0 Å². The van der Waals surface area contributed by atoms with Crippen molar-refractivity contribution < 1.29 is 13.9 Å². The number of aromatic nitrogens is 2. The quantitative estimate of drug-likeness (QED) is 0.464. The number of hydrogen-bond donors (Lipinski definition) is 1. The summed E-state index contributed by atoms with van der Waals surface area (Å²) >= 11 is 3.25. The first-order chi connectivity index (χ1) is 14.6. The first-order valence-corrected chi connectivity index (χ1v) is 10.2. The van der Waals surface area contributed by atoms with Gasteiger partial charge in [0.1, 0.15) is 17.6 Å². The van der Waals surface area contributed by atoms with Gasteiger partial charge in [0.15, 0.2) is 10.4 Å². The molecule has 0 spiro atoms. The third kappa shape index (κ3) is 3.29. The summed E-state index contributed by atoms with van der Waals surface area (Å²) in [5.74, 6) is 1.29. The number of para-hydroxylation sites is 2. The molecule has 7 nitrogen and oxygen atoms in total. The predicted octanol–water partition coefficient (Wildman–Crippen LogP) is 4.92. The Balaban J connectivity index is 1.56. The van der Waals surface area contributed by atoms with E-state index in [0.29, 0.717) is 16.9 Å². The van der Waals surface area contributed by atoms with E-state index in [9.17, 15) is 4.79 Å². The summed E-state index contributed by atoms with van der Waals surface area (Å²) in [4.78, 5) is 21.2. The number of ether oxygens (including phenoxy) is 1. The van der Waals surface area contributed by atoms with Crippen LogP contribution >= 0.6 is 15.9 Å². The van der Waals surface area contributed by atoms with Crippen molar-refractivity contribution in [2.45, 2.75) is 12.5 Å². The van der Waals surface area contributed by atoms with E-state index in [1.165, 1.54) is 5.01 Å². The molecule has 2 aromatic heterocycles. The number of methoxy groups -OCH3 is 1. The molecule has 30 heavy (non-hydrogen) atoms. The first kappa shape index (κ1) is 18.6. The molecule has 1 atom stereocenters. The number of furan rings is 1. The fourth-order valence-electron chi connectivity index (χ4n) is 3.56. The number of amides is 1. The summed E-state index contributed by atoms with van der Waals surface area (Å²) in [7, 11) is 1.62. The Kier molecular flexibility index (Phi) is 4.63. The number of aromatic amines is 1. The number of imidazole rings is 1. The van der Waals surface area contributed by atoms with Gasteiger partial charge in [-0.25, -0.2) is 9.99 Å². The number of nitrogens with one attached hydrogen (secondary N) is 1. The number of halogens is 1. The highest BCUT2D eigenvalue weighted by atomic mass is 79.9. The summed E-state index contributed by atoms with van der Waals surface area (Å²) in [6.07, 6.45) is 0.514. The molecule has 0 saturated heterocycles. The number of hydrazone groups is 1. The summed E-state index contributed by atoms with van der Waals surface area (Å²) in [5, 5.41) is 6.10. The van der Waals surface area contributed by atoms with Gasteiger partial charge in [-0.05, 0) is 52.3 Å². The van der Waals surface area contributed by atoms with Gasteiger partial charge in [0.2, 0.25) is 0 Å². The zero-order chi connectivity index (χ0) is 20.7. The maximum Gasteiger partial charge on any atom is 0.310 e. The summed E-state index contributed by atoms with van der Waals surface area (Å²) in [6, 6.07) is 18.3. The zero-order valence-electron chi connectivity index (χ0n) is 16.0. The number of carbonyl (C=O) groups is 1. The molecule has 0 bridgehead atoms. The molecule has 1 unspecified atom stereocenters. The standard InChI is InChI=1S/C22H17BrN4O3/c1-29-14-6-4-5-13(11-14)17-12-18(21-24-15-7-2-3-8-16(15)25-21)27(26-17)22(28)19-9-10-20(23)30-19/h2-11,18H,12H2,1H3,(H,24,25). The smallest absolute Gasteiger partial charge is 0.310 e. The van der Waals surface area contributed by atoms with Crippen molar-refractivity contribution in [2.75, 3.05) is 7.11 Å². The molecule has 8 heteroatoms. The first-order valence-electron chi connectivity index (χ1n) is 9.38. The van der Waals surface area contributed by atoms with Crippen LogP contribution in [0, 0.1) is 0 Å². The number of fused-ring (bicyclic) bond motifs is 1. The molecule has 4 aromatic rings. The maximum atomic E-state index is 13.2. The normalized spacial score (nSPS) is 16.1. The average Bonchev–Trinajstić information content (AvgIpc) is 3.50. The van der Waals surface area contributed by atoms with Crippen molar-refractivity contribution in [1.82, 2.24) is 15.0 Å². The van der Waals surface area contributed by atoms with E-state index in [-0.39, 0.29) is 17.7 Å². The second-order valence-corrected chi connectivity index (χ2v) is 7.67. The molecular weight excluding hydrogens is 448 g/mol. The maximum absolute atomic E-state index is 13.2. The Morgan fingerprint density at radius 2 is 2.07 bits per heavy atom. The van der Waals surface area contributed by atoms with Gasteiger partial charge < -0.3 is 14.1 Å². The number of hydrogen-bond acceptors (Lipinski definition) is 5. The Hall–Kier alpha value is -3.39. The van der Waals surface area contributed by atoms with Crippen LogP contribution in [0.2, 0.25) is 0 Å². The second kappa shape index (κ2) is 7.46. The highest BCUT2D eigenvalue weighted by Gasteiger charge is 2.37. The van der Waals surface area contributed by atoms with Crippen molar-refractivity contribution in [3.8, 4) is 5.75 Å². The molecule has 1 amide bonds. The van der Waals surface area contributed by atoms with E-state index >= 15 is 0 Å². The van der Waals surface area contributed by atoms with Crippen LogP contribution in [0.15, 0.2) is 74.9 Å². The molecule has 0 radical (unpaired) electrons. The van der Waals surface area contributed by atoms with E-state index in [1.54, 1.807) is 19.2 Å². The fourth-order valence-corrected chi connectivity index (χ4v) is 3.87. The van der Waals surface area contributed by atoms with Crippen molar-refractivity contribution in [2.24, 2.45) is 5.10 Å². The van der Waals surface area contributed by atoms with E-state index in [4.69, 9.17) is 14.1 Å². The lowest BCUT2D eigenvalue weighted by atomic mass is 10.0. The lowest BCUT2D eigenvalue weighted by molar-refractivity contribution is 0.0671. The van der Waals surface area contributed by atoms with Gasteiger partial charge in [0.05, 0.1) is 23.9 Å². The molecule has 5 rings (SSSR count). The molecule has 0 saturated carbocycles. The minimum Gasteiger partial charge on any atom is -0.497 e. The van der Waals surface area contributed by atoms with E-state index in [0.717, 1.165) is 28.1 Å². The SMILES string of the molecule is COc1cccc(C2=NN(C(=O)c3ccc(Br)o3)C(c3nc4ccccc4[nH]3)C2)c1. The minimum absolute atomic E-state index is 0.207. The van der Waals surface area contributed by atoms with E-state index < -0.39 is 0 Å². The molecule has 1 aliphatic heterocycles. The zero-order valence-corrected chi connectivity index (χ0v) is 17.6. The minimum atomic E-state index is -0.380.